The third-order valence-corrected chi connectivity index (χ3v) is 5.97. The van der Waals surface area contributed by atoms with Crippen LogP contribution in [0.3, 0.4) is 0 Å². The van der Waals surface area contributed by atoms with Crippen LogP contribution < -0.4 is 0 Å². The SMILES string of the molecule is CC[C@@H]1CN(C(=O)N2CC[C@H](O)C2)C[C@@H]1c1nnc2cnc3[nH]ccc3n12. The van der Waals surface area contributed by atoms with Crippen LogP contribution in [0.25, 0.3) is 16.8 Å². The highest BCUT2D eigenvalue weighted by Crippen LogP contribution is 2.35. The van der Waals surface area contributed by atoms with Crippen molar-refractivity contribution in [2.45, 2.75) is 31.8 Å². The predicted molar refractivity (Wildman–Crippen MR) is 98.3 cm³/mol. The van der Waals surface area contributed by atoms with Crippen molar-refractivity contribution in [3.05, 3.63) is 24.3 Å². The third kappa shape index (κ3) is 2.56. The van der Waals surface area contributed by atoms with E-state index in [1.807, 2.05) is 17.2 Å². The molecule has 9 heteroatoms. The third-order valence-electron chi connectivity index (χ3n) is 5.97. The van der Waals surface area contributed by atoms with Crippen molar-refractivity contribution in [1.29, 1.82) is 0 Å². The van der Waals surface area contributed by atoms with E-state index in [1.54, 1.807) is 11.1 Å². The van der Waals surface area contributed by atoms with Crippen molar-refractivity contribution in [3.8, 4) is 0 Å². The fraction of sp³-hybridized carbons (Fsp3) is 0.556. The normalized spacial score (nSPS) is 25.9. The zero-order valence-electron chi connectivity index (χ0n) is 15.2. The summed E-state index contributed by atoms with van der Waals surface area (Å²) < 4.78 is 2.06. The van der Waals surface area contributed by atoms with Gasteiger partial charge in [-0.25, -0.2) is 9.78 Å². The zero-order chi connectivity index (χ0) is 18.5. The van der Waals surface area contributed by atoms with Crippen molar-refractivity contribution in [2.24, 2.45) is 5.92 Å². The van der Waals surface area contributed by atoms with E-state index >= 15 is 0 Å². The number of hydrogen-bond donors (Lipinski definition) is 2. The summed E-state index contributed by atoms with van der Waals surface area (Å²) in [6, 6.07) is 2.00. The van der Waals surface area contributed by atoms with Gasteiger partial charge in [0, 0.05) is 38.3 Å². The molecule has 3 atom stereocenters. The van der Waals surface area contributed by atoms with Crippen molar-refractivity contribution >= 4 is 22.8 Å². The Morgan fingerprint density at radius 1 is 1.30 bits per heavy atom. The fourth-order valence-electron chi connectivity index (χ4n) is 4.49. The second-order valence-corrected chi connectivity index (χ2v) is 7.57. The molecule has 2 aliphatic rings. The molecule has 3 aromatic heterocycles. The van der Waals surface area contributed by atoms with Gasteiger partial charge in [0.25, 0.3) is 0 Å². The van der Waals surface area contributed by atoms with E-state index in [0.717, 1.165) is 29.1 Å². The van der Waals surface area contributed by atoms with Gasteiger partial charge in [-0.05, 0) is 18.4 Å². The summed E-state index contributed by atoms with van der Waals surface area (Å²) in [6.07, 6.45) is 4.81. The molecule has 3 aromatic rings. The standard InChI is InChI=1S/C18H23N7O2/c1-2-11-8-24(18(27)23-6-4-12(26)9-23)10-13(11)17-22-21-15-7-20-16-14(25(15)17)3-5-19-16/h3,5,7,11-13,19,26H,2,4,6,8-10H2,1H3/t11-,12+,13+/m1/s1. The van der Waals surface area contributed by atoms with E-state index in [4.69, 9.17) is 0 Å². The number of rotatable bonds is 2. The number of likely N-dealkylation sites (tertiary alicyclic amines) is 2. The van der Waals surface area contributed by atoms with Gasteiger partial charge in [0.1, 0.15) is 5.82 Å². The highest BCUT2D eigenvalue weighted by molar-refractivity contribution is 5.76. The number of aromatic amines is 1. The quantitative estimate of drug-likeness (QED) is 0.707. The van der Waals surface area contributed by atoms with Crippen LogP contribution in [0.5, 0.6) is 0 Å². The van der Waals surface area contributed by atoms with Crippen molar-refractivity contribution in [2.75, 3.05) is 26.2 Å². The molecule has 27 heavy (non-hydrogen) atoms. The summed E-state index contributed by atoms with van der Waals surface area (Å²) in [5.74, 6) is 1.35. The van der Waals surface area contributed by atoms with E-state index in [1.165, 1.54) is 0 Å². The molecular weight excluding hydrogens is 346 g/mol. The Hall–Kier alpha value is -2.68. The van der Waals surface area contributed by atoms with E-state index in [-0.39, 0.29) is 11.9 Å². The average molecular weight is 369 g/mol. The first-order valence-corrected chi connectivity index (χ1v) is 9.54. The molecule has 0 radical (unpaired) electrons. The minimum atomic E-state index is -0.399. The molecule has 2 amide bonds. The van der Waals surface area contributed by atoms with Crippen molar-refractivity contribution in [1.82, 2.24) is 34.4 Å². The number of nitrogens with one attached hydrogen (secondary N) is 1. The number of amides is 2. The molecule has 9 nitrogen and oxygen atoms in total. The van der Waals surface area contributed by atoms with Crippen LogP contribution in [0.15, 0.2) is 18.5 Å². The molecule has 5 rings (SSSR count). The second-order valence-electron chi connectivity index (χ2n) is 7.57. The molecule has 0 bridgehead atoms. The number of hydrogen-bond acceptors (Lipinski definition) is 5. The summed E-state index contributed by atoms with van der Waals surface area (Å²) in [7, 11) is 0. The Balaban J connectivity index is 1.48. The maximum absolute atomic E-state index is 12.9. The first kappa shape index (κ1) is 16.5. The summed E-state index contributed by atoms with van der Waals surface area (Å²) in [4.78, 5) is 24.1. The molecule has 2 fully saturated rings. The number of β-amino-alcohol motifs (C(OH)–C–C–N with tert-alkyl or cyclic N) is 1. The van der Waals surface area contributed by atoms with Gasteiger partial charge in [0.2, 0.25) is 0 Å². The van der Waals surface area contributed by atoms with Crippen LogP contribution in [-0.2, 0) is 0 Å². The number of carbonyl (C=O) groups is 1. The van der Waals surface area contributed by atoms with E-state index in [0.29, 0.717) is 38.5 Å². The molecule has 2 N–H and O–H groups in total. The molecule has 2 aliphatic heterocycles. The van der Waals surface area contributed by atoms with E-state index in [9.17, 15) is 9.90 Å². The van der Waals surface area contributed by atoms with Crippen LogP contribution in [0.1, 0.15) is 31.5 Å². The maximum atomic E-state index is 12.9. The molecule has 2 saturated heterocycles. The highest BCUT2D eigenvalue weighted by Gasteiger charge is 2.40. The van der Waals surface area contributed by atoms with E-state index in [2.05, 4.69) is 31.5 Å². The summed E-state index contributed by atoms with van der Waals surface area (Å²) >= 11 is 0. The Bertz CT molecular complexity index is 996. The van der Waals surface area contributed by atoms with Gasteiger partial charge >= 0.3 is 6.03 Å². The van der Waals surface area contributed by atoms with Gasteiger partial charge in [0.05, 0.1) is 17.8 Å². The van der Waals surface area contributed by atoms with Gasteiger partial charge in [-0.2, -0.15) is 0 Å². The smallest absolute Gasteiger partial charge is 0.320 e. The van der Waals surface area contributed by atoms with Crippen molar-refractivity contribution in [3.63, 3.8) is 0 Å². The van der Waals surface area contributed by atoms with Crippen LogP contribution in [-0.4, -0.2) is 77.8 Å². The Morgan fingerprint density at radius 2 is 2.19 bits per heavy atom. The Kier molecular flexibility index (Phi) is 3.78. The number of nitrogens with zero attached hydrogens (tertiary/aromatic N) is 6. The number of aromatic nitrogens is 5. The molecule has 0 spiro atoms. The molecule has 142 valence electrons. The number of urea groups is 1. The monoisotopic (exact) mass is 369 g/mol. The zero-order valence-corrected chi connectivity index (χ0v) is 15.2. The lowest BCUT2D eigenvalue weighted by atomic mass is 9.93. The van der Waals surface area contributed by atoms with Gasteiger partial charge in [-0.15, -0.1) is 10.2 Å². The van der Waals surface area contributed by atoms with Gasteiger partial charge < -0.3 is 19.9 Å². The molecular formula is C18H23N7O2. The van der Waals surface area contributed by atoms with Gasteiger partial charge in [0.15, 0.2) is 11.3 Å². The largest absolute Gasteiger partial charge is 0.391 e. The fourth-order valence-corrected chi connectivity index (χ4v) is 4.49. The van der Waals surface area contributed by atoms with E-state index < -0.39 is 6.10 Å². The Morgan fingerprint density at radius 3 is 2.96 bits per heavy atom. The molecule has 0 aliphatic carbocycles. The molecule has 5 heterocycles. The lowest BCUT2D eigenvalue weighted by Gasteiger charge is -2.24. The Labute approximate surface area is 156 Å². The predicted octanol–water partition coefficient (Wildman–Crippen LogP) is 1.22. The highest BCUT2D eigenvalue weighted by atomic mass is 16.3. The molecule has 0 unspecified atom stereocenters. The maximum Gasteiger partial charge on any atom is 0.320 e. The summed E-state index contributed by atoms with van der Waals surface area (Å²) in [6.45, 7) is 4.55. The number of H-pyrrole nitrogens is 1. The lowest BCUT2D eigenvalue weighted by Crippen LogP contribution is -2.41. The summed E-state index contributed by atoms with van der Waals surface area (Å²) in [5, 5.41) is 18.5. The topological polar surface area (TPSA) is 103 Å². The van der Waals surface area contributed by atoms with Crippen LogP contribution >= 0.6 is 0 Å². The average Bonchev–Trinajstić information content (AvgIpc) is 3.43. The minimum absolute atomic E-state index is 0.0229. The van der Waals surface area contributed by atoms with Crippen LogP contribution in [0.2, 0.25) is 0 Å². The van der Waals surface area contributed by atoms with Crippen LogP contribution in [0.4, 0.5) is 4.79 Å². The first-order valence-electron chi connectivity index (χ1n) is 9.54. The minimum Gasteiger partial charge on any atom is -0.391 e. The number of carbonyl (C=O) groups excluding carboxylic acids is 1. The second kappa shape index (κ2) is 6.19. The lowest BCUT2D eigenvalue weighted by molar-refractivity contribution is 0.152. The number of fused-ring (bicyclic) bond motifs is 3. The van der Waals surface area contributed by atoms with Crippen molar-refractivity contribution < 1.29 is 9.90 Å². The van der Waals surface area contributed by atoms with Crippen LogP contribution in [0, 0.1) is 5.92 Å². The summed E-state index contributed by atoms with van der Waals surface area (Å²) in [5.41, 5.74) is 2.47. The first-order chi connectivity index (χ1) is 13.2. The van der Waals surface area contributed by atoms with Gasteiger partial charge in [-0.3, -0.25) is 4.40 Å². The van der Waals surface area contributed by atoms with Gasteiger partial charge in [-0.1, -0.05) is 13.3 Å². The number of aliphatic hydroxyl groups is 1. The number of aliphatic hydroxyl groups excluding tert-OH is 1. The molecule has 0 saturated carbocycles. The molecule has 0 aromatic carbocycles.